The number of nitro benzene ring substituents is 1. The summed E-state index contributed by atoms with van der Waals surface area (Å²) in [6, 6.07) is 15.8. The third-order valence-corrected chi connectivity index (χ3v) is 6.81. The van der Waals surface area contributed by atoms with Gasteiger partial charge in [0.1, 0.15) is 12.4 Å². The highest BCUT2D eigenvalue weighted by molar-refractivity contribution is 9.10. The fraction of sp³-hybridized carbons (Fsp3) is 0.120. The first-order chi connectivity index (χ1) is 17.4. The molecular formula is C25H19BrFN3O5S. The summed E-state index contributed by atoms with van der Waals surface area (Å²) in [5, 5.41) is 15.6. The summed E-state index contributed by atoms with van der Waals surface area (Å²) in [7, 11) is 0. The quantitative estimate of drug-likeness (QED) is 0.141. The third-order valence-electron chi connectivity index (χ3n) is 5.01. The van der Waals surface area contributed by atoms with Gasteiger partial charge in [0.25, 0.3) is 11.6 Å². The molecule has 0 aliphatic heterocycles. The number of fused-ring (bicyclic) bond motifs is 1. The average molecular weight is 572 g/mol. The SMILES string of the molecule is CCOc1cc(/C=N\NC(=O)c2cc3cc([N+](=O)[O-])ccc3s2)c(Br)cc1OCc1ccccc1F. The standard InChI is InChI=1S/C25H19BrFN3O5S/c1-2-34-21-10-17(19(26)12-22(21)35-14-15-5-3-4-6-20(15)27)13-28-29-25(31)24-11-16-9-18(30(32)33)7-8-23(16)36-24/h3-13H,2,14H2,1H3,(H,29,31)/b28-13-. The van der Waals surface area contributed by atoms with Gasteiger partial charge in [0.2, 0.25) is 0 Å². The molecule has 184 valence electrons. The van der Waals surface area contributed by atoms with E-state index in [9.17, 15) is 19.3 Å². The maximum atomic E-state index is 13.9. The van der Waals surface area contributed by atoms with Gasteiger partial charge in [0, 0.05) is 37.8 Å². The first-order valence-electron chi connectivity index (χ1n) is 10.7. The van der Waals surface area contributed by atoms with E-state index < -0.39 is 10.8 Å². The second kappa shape index (κ2) is 11.3. The molecule has 0 aliphatic rings. The van der Waals surface area contributed by atoms with Crippen molar-refractivity contribution in [3.8, 4) is 11.5 Å². The van der Waals surface area contributed by atoms with Gasteiger partial charge in [-0.3, -0.25) is 14.9 Å². The molecule has 0 saturated heterocycles. The molecule has 11 heteroatoms. The normalized spacial score (nSPS) is 11.1. The van der Waals surface area contributed by atoms with Crippen molar-refractivity contribution >= 4 is 55.2 Å². The largest absolute Gasteiger partial charge is 0.490 e. The molecule has 36 heavy (non-hydrogen) atoms. The van der Waals surface area contributed by atoms with Crippen molar-refractivity contribution in [2.45, 2.75) is 13.5 Å². The lowest BCUT2D eigenvalue weighted by Crippen LogP contribution is -2.16. The van der Waals surface area contributed by atoms with E-state index in [0.29, 0.717) is 44.0 Å². The van der Waals surface area contributed by atoms with E-state index in [-0.39, 0.29) is 18.1 Å². The maximum Gasteiger partial charge on any atom is 0.281 e. The number of amides is 1. The van der Waals surface area contributed by atoms with Gasteiger partial charge in [-0.15, -0.1) is 11.3 Å². The molecule has 0 aliphatic carbocycles. The molecule has 1 heterocycles. The van der Waals surface area contributed by atoms with Gasteiger partial charge in [0.15, 0.2) is 11.5 Å². The minimum atomic E-state index is -0.480. The molecule has 0 bridgehead atoms. The number of benzene rings is 3. The van der Waals surface area contributed by atoms with E-state index in [0.717, 1.165) is 4.70 Å². The Morgan fingerprint density at radius 1 is 1.17 bits per heavy atom. The smallest absolute Gasteiger partial charge is 0.281 e. The number of halogens is 2. The summed E-state index contributed by atoms with van der Waals surface area (Å²) in [5.74, 6) is 0.0652. The number of nitro groups is 1. The molecule has 1 aromatic heterocycles. The zero-order valence-corrected chi connectivity index (χ0v) is 21.3. The lowest BCUT2D eigenvalue weighted by molar-refractivity contribution is -0.384. The molecule has 0 atom stereocenters. The van der Waals surface area contributed by atoms with E-state index in [1.165, 1.54) is 35.8 Å². The number of hydrogen-bond donors (Lipinski definition) is 1. The Hall–Kier alpha value is -3.83. The molecule has 1 N–H and O–H groups in total. The predicted molar refractivity (Wildman–Crippen MR) is 140 cm³/mol. The van der Waals surface area contributed by atoms with Crippen LogP contribution in [0.1, 0.15) is 27.7 Å². The molecule has 1 amide bonds. The van der Waals surface area contributed by atoms with Crippen molar-refractivity contribution in [3.05, 3.63) is 97.1 Å². The topological polar surface area (TPSA) is 103 Å². The summed E-state index contributed by atoms with van der Waals surface area (Å²) in [6.07, 6.45) is 1.45. The van der Waals surface area contributed by atoms with Gasteiger partial charge in [-0.2, -0.15) is 5.10 Å². The highest BCUT2D eigenvalue weighted by Crippen LogP contribution is 2.34. The molecule has 0 spiro atoms. The number of nitrogens with one attached hydrogen (secondary N) is 1. The Kier molecular flexibility index (Phi) is 7.91. The van der Waals surface area contributed by atoms with Crippen molar-refractivity contribution in [2.75, 3.05) is 6.61 Å². The highest BCUT2D eigenvalue weighted by atomic mass is 79.9. The van der Waals surface area contributed by atoms with Crippen LogP contribution in [0.4, 0.5) is 10.1 Å². The molecule has 0 saturated carbocycles. The van der Waals surface area contributed by atoms with Crippen LogP contribution in [0.2, 0.25) is 0 Å². The van der Waals surface area contributed by atoms with Crippen LogP contribution >= 0.6 is 27.3 Å². The molecular weight excluding hydrogens is 553 g/mol. The number of nitrogens with zero attached hydrogens (tertiary/aromatic N) is 2. The minimum absolute atomic E-state index is 0.0288. The van der Waals surface area contributed by atoms with Crippen LogP contribution in [-0.4, -0.2) is 23.7 Å². The zero-order chi connectivity index (χ0) is 25.7. The molecule has 0 unspecified atom stereocenters. The van der Waals surface area contributed by atoms with Crippen LogP contribution in [-0.2, 0) is 6.61 Å². The summed E-state index contributed by atoms with van der Waals surface area (Å²) < 4.78 is 26.8. The number of hydrogen-bond acceptors (Lipinski definition) is 7. The maximum absolute atomic E-state index is 13.9. The molecule has 4 aromatic rings. The third kappa shape index (κ3) is 5.86. The van der Waals surface area contributed by atoms with E-state index in [1.54, 1.807) is 42.5 Å². The number of rotatable bonds is 9. The number of non-ortho nitro benzene ring substituents is 1. The van der Waals surface area contributed by atoms with Crippen molar-refractivity contribution in [1.29, 1.82) is 0 Å². The average Bonchev–Trinajstić information content (AvgIpc) is 3.29. The molecule has 0 radical (unpaired) electrons. The van der Waals surface area contributed by atoms with Crippen LogP contribution in [0.5, 0.6) is 11.5 Å². The van der Waals surface area contributed by atoms with Crippen molar-refractivity contribution in [3.63, 3.8) is 0 Å². The fourth-order valence-electron chi connectivity index (χ4n) is 3.27. The van der Waals surface area contributed by atoms with E-state index in [2.05, 4.69) is 26.5 Å². The number of thiophene rings is 1. The lowest BCUT2D eigenvalue weighted by atomic mass is 10.2. The van der Waals surface area contributed by atoms with Crippen LogP contribution in [0, 0.1) is 15.9 Å². The van der Waals surface area contributed by atoms with Gasteiger partial charge in [0.05, 0.1) is 22.6 Å². The van der Waals surface area contributed by atoms with Gasteiger partial charge >= 0.3 is 0 Å². The predicted octanol–water partition coefficient (Wildman–Crippen LogP) is 6.45. The van der Waals surface area contributed by atoms with E-state index in [1.807, 2.05) is 6.92 Å². The summed E-state index contributed by atoms with van der Waals surface area (Å²) >= 11 is 4.67. The van der Waals surface area contributed by atoms with Crippen molar-refractivity contribution in [2.24, 2.45) is 5.10 Å². The molecule has 8 nitrogen and oxygen atoms in total. The van der Waals surface area contributed by atoms with E-state index >= 15 is 0 Å². The van der Waals surface area contributed by atoms with Crippen molar-refractivity contribution < 1.29 is 23.6 Å². The first kappa shape index (κ1) is 25.3. The monoisotopic (exact) mass is 571 g/mol. The van der Waals surface area contributed by atoms with Gasteiger partial charge < -0.3 is 9.47 Å². The number of ether oxygens (including phenoxy) is 2. The number of carbonyl (C=O) groups is 1. The first-order valence-corrected chi connectivity index (χ1v) is 12.3. The van der Waals surface area contributed by atoms with Crippen LogP contribution < -0.4 is 14.9 Å². The lowest BCUT2D eigenvalue weighted by Gasteiger charge is -2.14. The highest BCUT2D eigenvalue weighted by Gasteiger charge is 2.14. The Morgan fingerprint density at radius 3 is 2.69 bits per heavy atom. The van der Waals surface area contributed by atoms with Gasteiger partial charge in [-0.05, 0) is 53.2 Å². The van der Waals surface area contributed by atoms with E-state index in [4.69, 9.17) is 9.47 Å². The Balaban J connectivity index is 1.47. The number of hydrazone groups is 1. The fourth-order valence-corrected chi connectivity index (χ4v) is 4.63. The van der Waals surface area contributed by atoms with Crippen LogP contribution in [0.15, 0.2) is 70.2 Å². The van der Waals surface area contributed by atoms with Crippen LogP contribution in [0.25, 0.3) is 10.1 Å². The Bertz CT molecular complexity index is 1470. The van der Waals surface area contributed by atoms with Gasteiger partial charge in [-0.1, -0.05) is 18.2 Å². The minimum Gasteiger partial charge on any atom is -0.490 e. The molecule has 0 fully saturated rings. The Morgan fingerprint density at radius 2 is 1.94 bits per heavy atom. The molecule has 4 rings (SSSR count). The summed E-state index contributed by atoms with van der Waals surface area (Å²) in [4.78, 5) is 23.4. The second-order valence-electron chi connectivity index (χ2n) is 7.42. The second-order valence-corrected chi connectivity index (χ2v) is 9.36. The molecule has 3 aromatic carbocycles. The zero-order valence-electron chi connectivity index (χ0n) is 18.9. The van der Waals surface area contributed by atoms with Gasteiger partial charge in [-0.25, -0.2) is 9.82 Å². The summed E-state index contributed by atoms with van der Waals surface area (Å²) in [5.41, 5.74) is 3.46. The number of carbonyl (C=O) groups excluding carboxylic acids is 1. The summed E-state index contributed by atoms with van der Waals surface area (Å²) in [6.45, 7) is 2.24. The van der Waals surface area contributed by atoms with Crippen LogP contribution in [0.3, 0.4) is 0 Å². The van der Waals surface area contributed by atoms with Crippen molar-refractivity contribution in [1.82, 2.24) is 5.43 Å². The Labute approximate surface area is 217 Å².